The van der Waals surface area contributed by atoms with Crippen molar-refractivity contribution in [1.29, 1.82) is 0 Å². The maximum atomic E-state index is 13.0. The Bertz CT molecular complexity index is 1050. The predicted molar refractivity (Wildman–Crippen MR) is 106 cm³/mol. The van der Waals surface area contributed by atoms with E-state index >= 15 is 0 Å². The first-order valence-electron chi connectivity index (χ1n) is 10.6. The number of carbonyl (C=O) groups is 1. The minimum Gasteiger partial charge on any atom is -0.491 e. The molecule has 14 heteroatoms. The van der Waals surface area contributed by atoms with Crippen molar-refractivity contribution < 1.29 is 50.5 Å². The Labute approximate surface area is 194 Å². The molecule has 3 heterocycles. The second-order valence-electron chi connectivity index (χ2n) is 8.19. The van der Waals surface area contributed by atoms with Gasteiger partial charge in [-0.2, -0.15) is 31.4 Å². The lowest BCUT2D eigenvalue weighted by atomic mass is 9.97. The molecule has 3 atom stereocenters. The summed E-state index contributed by atoms with van der Waals surface area (Å²) in [5, 5.41) is 17.2. The molecule has 2 aliphatic rings. The van der Waals surface area contributed by atoms with Crippen molar-refractivity contribution in [3.63, 3.8) is 0 Å². The number of ether oxygens (including phenoxy) is 3. The van der Waals surface area contributed by atoms with Gasteiger partial charge >= 0.3 is 12.4 Å². The van der Waals surface area contributed by atoms with Crippen LogP contribution in [0.3, 0.4) is 0 Å². The summed E-state index contributed by atoms with van der Waals surface area (Å²) >= 11 is 0. The number of alkyl halides is 6. The van der Waals surface area contributed by atoms with Crippen LogP contribution in [-0.2, 0) is 17.5 Å². The van der Waals surface area contributed by atoms with Crippen molar-refractivity contribution >= 4 is 5.91 Å². The molecule has 2 aromatic rings. The number of carbonyl (C=O) groups excluding carboxylic acids is 1. The van der Waals surface area contributed by atoms with Gasteiger partial charge in [0.25, 0.3) is 5.91 Å². The van der Waals surface area contributed by atoms with E-state index in [9.17, 15) is 36.2 Å². The van der Waals surface area contributed by atoms with Gasteiger partial charge in [-0.25, -0.2) is 4.68 Å². The molecule has 35 heavy (non-hydrogen) atoms. The topological polar surface area (TPSA) is 94.8 Å². The number of rotatable bonds is 7. The number of benzene rings is 1. The van der Waals surface area contributed by atoms with Crippen LogP contribution in [0.25, 0.3) is 0 Å². The summed E-state index contributed by atoms with van der Waals surface area (Å²) in [6.07, 6.45) is -9.98. The van der Waals surface area contributed by atoms with Gasteiger partial charge in [-0.15, -0.1) is 0 Å². The third-order valence-corrected chi connectivity index (χ3v) is 5.49. The third-order valence-electron chi connectivity index (χ3n) is 5.49. The van der Waals surface area contributed by atoms with E-state index in [1.807, 2.05) is 0 Å². The smallest absolute Gasteiger partial charge is 0.416 e. The predicted octanol–water partition coefficient (Wildman–Crippen LogP) is 3.25. The molecule has 1 aromatic carbocycles. The lowest BCUT2D eigenvalue weighted by Crippen LogP contribution is -2.45. The zero-order valence-corrected chi connectivity index (χ0v) is 18.0. The summed E-state index contributed by atoms with van der Waals surface area (Å²) in [6.45, 7) is -1.26. The van der Waals surface area contributed by atoms with Crippen molar-refractivity contribution in [3.8, 4) is 11.6 Å². The van der Waals surface area contributed by atoms with Gasteiger partial charge in [0.2, 0.25) is 5.88 Å². The molecule has 1 unspecified atom stereocenters. The minimum atomic E-state index is -4.60. The van der Waals surface area contributed by atoms with Crippen LogP contribution in [0.1, 0.15) is 40.6 Å². The molecule has 0 fully saturated rings. The average Bonchev–Trinajstić information content (AvgIpc) is 3.33. The van der Waals surface area contributed by atoms with E-state index in [-0.39, 0.29) is 48.7 Å². The van der Waals surface area contributed by atoms with Crippen molar-refractivity contribution in [2.24, 2.45) is 0 Å². The summed E-state index contributed by atoms with van der Waals surface area (Å²) in [6, 6.07) is 3.10. The fourth-order valence-corrected chi connectivity index (χ4v) is 3.83. The Morgan fingerprint density at radius 3 is 2.69 bits per heavy atom. The van der Waals surface area contributed by atoms with Gasteiger partial charge in [-0.1, -0.05) is 0 Å². The highest BCUT2D eigenvalue weighted by molar-refractivity contribution is 5.92. The lowest BCUT2D eigenvalue weighted by Gasteiger charge is -2.31. The van der Waals surface area contributed by atoms with Crippen LogP contribution in [0.5, 0.6) is 11.6 Å². The number of hydrogen-bond donors (Lipinski definition) is 2. The quantitative estimate of drug-likeness (QED) is 0.440. The normalized spacial score (nSPS) is 21.6. The number of aliphatic hydroxyl groups is 1. The van der Waals surface area contributed by atoms with Gasteiger partial charge in [-0.05, 0) is 31.0 Å². The molecule has 0 saturated carbocycles. The monoisotopic (exact) mass is 509 g/mol. The van der Waals surface area contributed by atoms with Crippen molar-refractivity contribution in [3.05, 3.63) is 41.1 Å². The number of nitrogens with zero attached hydrogens (tertiary/aromatic N) is 2. The Hall–Kier alpha value is -3.00. The molecule has 8 nitrogen and oxygen atoms in total. The first kappa shape index (κ1) is 25.1. The minimum absolute atomic E-state index is 0.0333. The van der Waals surface area contributed by atoms with E-state index in [0.717, 1.165) is 18.2 Å². The summed E-state index contributed by atoms with van der Waals surface area (Å²) in [5.41, 5.74) is -1.07. The van der Waals surface area contributed by atoms with Crippen LogP contribution in [0.2, 0.25) is 0 Å². The van der Waals surface area contributed by atoms with Gasteiger partial charge in [0.05, 0.1) is 18.2 Å². The molecule has 1 amide bonds. The molecule has 0 radical (unpaired) electrons. The van der Waals surface area contributed by atoms with Crippen molar-refractivity contribution in [2.75, 3.05) is 19.8 Å². The van der Waals surface area contributed by atoms with Crippen LogP contribution in [-0.4, -0.2) is 58.9 Å². The van der Waals surface area contributed by atoms with Gasteiger partial charge in [0.1, 0.15) is 31.2 Å². The van der Waals surface area contributed by atoms with Crippen molar-refractivity contribution in [1.82, 2.24) is 15.1 Å². The first-order valence-corrected chi connectivity index (χ1v) is 10.6. The van der Waals surface area contributed by atoms with E-state index in [0.29, 0.717) is 12.8 Å². The SMILES string of the molecule is O=C(N[C@H]1COc2ccc(C(F)(F)F)cc2C1O)c1cc2n(n1)C[C@@H](CCCOCC(F)(F)F)O2. The van der Waals surface area contributed by atoms with E-state index < -0.39 is 42.6 Å². The summed E-state index contributed by atoms with van der Waals surface area (Å²) in [4.78, 5) is 12.6. The van der Waals surface area contributed by atoms with Crippen LogP contribution < -0.4 is 14.8 Å². The maximum absolute atomic E-state index is 13.0. The van der Waals surface area contributed by atoms with Crippen LogP contribution >= 0.6 is 0 Å². The third kappa shape index (κ3) is 5.99. The highest BCUT2D eigenvalue weighted by Gasteiger charge is 2.36. The van der Waals surface area contributed by atoms with E-state index in [4.69, 9.17) is 9.47 Å². The molecular formula is C21H21F6N3O5. The number of amides is 1. The largest absolute Gasteiger partial charge is 0.491 e. The van der Waals surface area contributed by atoms with Crippen LogP contribution in [0.4, 0.5) is 26.3 Å². The molecule has 0 saturated heterocycles. The van der Waals surface area contributed by atoms with E-state index in [1.54, 1.807) is 0 Å². The fraction of sp³-hybridized carbons (Fsp3) is 0.524. The molecule has 1 aromatic heterocycles. The van der Waals surface area contributed by atoms with Crippen LogP contribution in [0.15, 0.2) is 24.3 Å². The van der Waals surface area contributed by atoms with Crippen molar-refractivity contribution in [2.45, 2.75) is 50.0 Å². The summed E-state index contributed by atoms with van der Waals surface area (Å²) < 4.78 is 92.2. The molecule has 2 N–H and O–H groups in total. The van der Waals surface area contributed by atoms with Gasteiger partial charge < -0.3 is 24.6 Å². The summed E-state index contributed by atoms with van der Waals surface area (Å²) in [7, 11) is 0. The average molecular weight is 509 g/mol. The second-order valence-corrected chi connectivity index (χ2v) is 8.19. The number of halogens is 6. The highest BCUT2D eigenvalue weighted by atomic mass is 19.4. The number of nitrogens with one attached hydrogen (secondary N) is 1. The number of aliphatic hydroxyl groups excluding tert-OH is 1. The number of hydrogen-bond acceptors (Lipinski definition) is 6. The zero-order valence-electron chi connectivity index (χ0n) is 18.0. The zero-order chi connectivity index (χ0) is 25.4. The van der Waals surface area contributed by atoms with E-state index in [1.165, 1.54) is 10.7 Å². The molecule has 2 aliphatic heterocycles. The van der Waals surface area contributed by atoms with Gasteiger partial charge in [0.15, 0.2) is 5.69 Å². The van der Waals surface area contributed by atoms with Crippen LogP contribution in [0, 0.1) is 0 Å². The Kier molecular flexibility index (Phi) is 6.86. The second kappa shape index (κ2) is 9.57. The molecule has 192 valence electrons. The molecule has 0 bridgehead atoms. The Morgan fingerprint density at radius 2 is 2.00 bits per heavy atom. The maximum Gasteiger partial charge on any atom is 0.416 e. The first-order chi connectivity index (χ1) is 16.4. The summed E-state index contributed by atoms with van der Waals surface area (Å²) in [5.74, 6) is -0.298. The Balaban J connectivity index is 1.30. The van der Waals surface area contributed by atoms with Gasteiger partial charge in [-0.3, -0.25) is 4.79 Å². The standard InChI is InChI=1S/C21H21F6N3O5/c22-20(23,24)10-33-5-1-2-12-8-30-17(35-12)7-14(29-30)19(32)28-15-9-34-16-4-3-11(21(25,26)27)6-13(16)18(15)31/h3-4,6-7,12,15,18,31H,1-2,5,8-10H2,(H,28,32)/t12-,15+,18?/m1/s1. The lowest BCUT2D eigenvalue weighted by molar-refractivity contribution is -0.174. The number of aromatic nitrogens is 2. The fourth-order valence-electron chi connectivity index (χ4n) is 3.83. The molecule has 4 rings (SSSR count). The molecule has 0 aliphatic carbocycles. The highest BCUT2D eigenvalue weighted by Crippen LogP contribution is 2.38. The molecule has 0 spiro atoms. The Morgan fingerprint density at radius 1 is 1.23 bits per heavy atom. The van der Waals surface area contributed by atoms with Gasteiger partial charge in [0, 0.05) is 18.2 Å². The van der Waals surface area contributed by atoms with E-state index in [2.05, 4.69) is 15.2 Å². The number of fused-ring (bicyclic) bond motifs is 2. The molecular weight excluding hydrogens is 488 g/mol.